The summed E-state index contributed by atoms with van der Waals surface area (Å²) in [6.07, 6.45) is 3.68. The number of aliphatic imine (C=N–C) groups is 1. The Kier molecular flexibility index (Phi) is 4.22. The number of nitrogens with one attached hydrogen (secondary N) is 1. The van der Waals surface area contributed by atoms with Gasteiger partial charge in [0.25, 0.3) is 0 Å². The zero-order chi connectivity index (χ0) is 15.6. The molecule has 2 heterocycles. The fourth-order valence-electron chi connectivity index (χ4n) is 2.69. The first kappa shape index (κ1) is 15.1. The lowest BCUT2D eigenvalue weighted by molar-refractivity contribution is 0.0146. The lowest BCUT2D eigenvalue weighted by atomic mass is 10.0. The summed E-state index contributed by atoms with van der Waals surface area (Å²) in [6.45, 7) is 2.80. The van der Waals surface area contributed by atoms with Gasteiger partial charge in [0.15, 0.2) is 23.8 Å². The Balaban J connectivity index is 1.91. The lowest BCUT2D eigenvalue weighted by Gasteiger charge is -2.36. The van der Waals surface area contributed by atoms with Crippen LogP contribution in [0.2, 0.25) is 0 Å². The molecule has 1 aromatic carbocycles. The van der Waals surface area contributed by atoms with Gasteiger partial charge in [0.2, 0.25) is 0 Å². The van der Waals surface area contributed by atoms with Crippen LogP contribution in [0.5, 0.6) is 5.75 Å². The van der Waals surface area contributed by atoms with Crippen LogP contribution in [-0.4, -0.2) is 47.6 Å². The third-order valence-electron chi connectivity index (χ3n) is 3.88. The zero-order valence-electron chi connectivity index (χ0n) is 12.7. The monoisotopic (exact) mass is 315 g/mol. The lowest BCUT2D eigenvalue weighted by Crippen LogP contribution is -2.53. The molecule has 2 aromatic rings. The van der Waals surface area contributed by atoms with Crippen LogP contribution in [0.1, 0.15) is 13.3 Å². The van der Waals surface area contributed by atoms with E-state index in [-0.39, 0.29) is 12.1 Å². The van der Waals surface area contributed by atoms with Crippen molar-refractivity contribution >= 4 is 27.6 Å². The molecule has 22 heavy (non-hydrogen) atoms. The van der Waals surface area contributed by atoms with Gasteiger partial charge < -0.3 is 19.2 Å². The van der Waals surface area contributed by atoms with Crippen LogP contribution in [0.15, 0.2) is 39.9 Å². The molecule has 0 bridgehead atoms. The summed E-state index contributed by atoms with van der Waals surface area (Å²) in [6, 6.07) is 7.79. The number of hydrogen-bond donors (Lipinski definition) is 1. The summed E-state index contributed by atoms with van der Waals surface area (Å²) in [5.74, 6) is 0.691. The standard InChI is InChI=1S/C16H19N2O3Si/c1-11-15(20-10-18-11)16(22,7-8-17-2)21-13-5-3-4-12-6-9-19-14(12)13/h3-6,9-11,15,17H,7-8H2,1-2H3/t11?,15-,16+/m1/s1. The van der Waals surface area contributed by atoms with Crippen molar-refractivity contribution < 1.29 is 13.9 Å². The van der Waals surface area contributed by atoms with Crippen molar-refractivity contribution in [2.45, 2.75) is 30.7 Å². The largest absolute Gasteiger partial charge is 0.484 e. The SMILES string of the molecule is CNCC[C@@]([Si])(Oc1cccc2ccoc12)[C@@H]1OC=NC1C. The molecule has 1 aliphatic heterocycles. The molecule has 1 aliphatic rings. The van der Waals surface area contributed by atoms with Crippen LogP contribution in [0.4, 0.5) is 0 Å². The fourth-order valence-corrected chi connectivity index (χ4v) is 3.24. The molecule has 0 saturated carbocycles. The number of ether oxygens (including phenoxy) is 2. The zero-order valence-corrected chi connectivity index (χ0v) is 13.7. The number of fused-ring (bicyclic) bond motifs is 1. The minimum absolute atomic E-state index is 0.0187. The number of para-hydroxylation sites is 1. The second-order valence-corrected chi connectivity index (χ2v) is 6.34. The summed E-state index contributed by atoms with van der Waals surface area (Å²) in [5.41, 5.74) is 0.737. The highest BCUT2D eigenvalue weighted by Crippen LogP contribution is 2.33. The van der Waals surface area contributed by atoms with Crippen LogP contribution in [-0.2, 0) is 4.74 Å². The minimum atomic E-state index is -0.694. The molecule has 3 rings (SSSR count). The molecule has 5 nitrogen and oxygen atoms in total. The van der Waals surface area contributed by atoms with E-state index in [4.69, 9.17) is 13.9 Å². The quantitative estimate of drug-likeness (QED) is 0.830. The van der Waals surface area contributed by atoms with Gasteiger partial charge in [-0.25, -0.2) is 0 Å². The molecule has 3 radical (unpaired) electrons. The van der Waals surface area contributed by atoms with Gasteiger partial charge in [-0.15, -0.1) is 0 Å². The highest BCUT2D eigenvalue weighted by molar-refractivity contribution is 6.15. The maximum absolute atomic E-state index is 6.30. The maximum Gasteiger partial charge on any atom is 0.175 e. The van der Waals surface area contributed by atoms with E-state index in [1.807, 2.05) is 38.2 Å². The van der Waals surface area contributed by atoms with Gasteiger partial charge in [0.05, 0.1) is 22.5 Å². The van der Waals surface area contributed by atoms with E-state index in [1.165, 1.54) is 6.40 Å². The number of nitrogens with zero attached hydrogens (tertiary/aromatic N) is 1. The first-order chi connectivity index (χ1) is 10.6. The summed E-state index contributed by atoms with van der Waals surface area (Å²) >= 11 is 0. The van der Waals surface area contributed by atoms with Gasteiger partial charge in [-0.3, -0.25) is 4.99 Å². The number of hydrogen-bond acceptors (Lipinski definition) is 5. The van der Waals surface area contributed by atoms with E-state index >= 15 is 0 Å². The topological polar surface area (TPSA) is 56.0 Å². The van der Waals surface area contributed by atoms with Gasteiger partial charge in [0.1, 0.15) is 5.22 Å². The predicted octanol–water partition coefficient (Wildman–Crippen LogP) is 2.10. The van der Waals surface area contributed by atoms with Gasteiger partial charge in [0, 0.05) is 5.39 Å². The molecule has 115 valence electrons. The smallest absolute Gasteiger partial charge is 0.175 e. The molecule has 1 N–H and O–H groups in total. The third kappa shape index (κ3) is 2.76. The number of furan rings is 1. The highest BCUT2D eigenvalue weighted by atomic mass is 28.1. The molecule has 3 atom stereocenters. The third-order valence-corrected chi connectivity index (χ3v) is 4.52. The average Bonchev–Trinajstić information content (AvgIpc) is 3.14. The average molecular weight is 315 g/mol. The molecule has 1 aromatic heterocycles. The second-order valence-electron chi connectivity index (χ2n) is 5.49. The molecule has 0 aliphatic carbocycles. The normalized spacial score (nSPS) is 23.4. The fraction of sp³-hybridized carbons (Fsp3) is 0.438. The van der Waals surface area contributed by atoms with Crippen molar-refractivity contribution in [3.63, 3.8) is 0 Å². The van der Waals surface area contributed by atoms with Gasteiger partial charge in [-0.05, 0) is 39.1 Å². The Morgan fingerprint density at radius 3 is 3.00 bits per heavy atom. The Morgan fingerprint density at radius 1 is 1.41 bits per heavy atom. The second kappa shape index (κ2) is 6.14. The van der Waals surface area contributed by atoms with Crippen molar-refractivity contribution in [1.29, 1.82) is 0 Å². The van der Waals surface area contributed by atoms with Crippen LogP contribution in [0, 0.1) is 0 Å². The summed E-state index contributed by atoms with van der Waals surface area (Å²) in [7, 11) is 5.73. The van der Waals surface area contributed by atoms with E-state index in [2.05, 4.69) is 20.6 Å². The summed E-state index contributed by atoms with van der Waals surface area (Å²) in [4.78, 5) is 4.28. The van der Waals surface area contributed by atoms with Crippen LogP contribution >= 0.6 is 0 Å². The van der Waals surface area contributed by atoms with Crippen LogP contribution < -0.4 is 10.1 Å². The van der Waals surface area contributed by atoms with Gasteiger partial charge in [-0.2, -0.15) is 0 Å². The van der Waals surface area contributed by atoms with Crippen molar-refractivity contribution in [1.82, 2.24) is 5.32 Å². The van der Waals surface area contributed by atoms with E-state index in [9.17, 15) is 0 Å². The Hall–Kier alpha value is -1.79. The number of benzene rings is 1. The molecular formula is C16H19N2O3Si. The van der Waals surface area contributed by atoms with E-state index in [0.717, 1.165) is 23.9 Å². The van der Waals surface area contributed by atoms with E-state index in [0.29, 0.717) is 5.75 Å². The maximum atomic E-state index is 6.30. The summed E-state index contributed by atoms with van der Waals surface area (Å²) in [5, 5.41) is 3.47. The van der Waals surface area contributed by atoms with Crippen molar-refractivity contribution in [2.75, 3.05) is 13.6 Å². The van der Waals surface area contributed by atoms with E-state index in [1.54, 1.807) is 6.26 Å². The van der Waals surface area contributed by atoms with Crippen molar-refractivity contribution in [3.05, 3.63) is 30.5 Å². The molecule has 0 amide bonds. The van der Waals surface area contributed by atoms with Crippen LogP contribution in [0.3, 0.4) is 0 Å². The molecule has 0 spiro atoms. The molecule has 1 unspecified atom stereocenters. The van der Waals surface area contributed by atoms with Crippen molar-refractivity contribution in [3.8, 4) is 5.75 Å². The molecule has 0 fully saturated rings. The molecular weight excluding hydrogens is 296 g/mol. The Morgan fingerprint density at radius 2 is 2.27 bits per heavy atom. The first-order valence-electron chi connectivity index (χ1n) is 7.36. The van der Waals surface area contributed by atoms with E-state index < -0.39 is 5.22 Å². The molecule has 6 heteroatoms. The summed E-state index contributed by atoms with van der Waals surface area (Å²) < 4.78 is 17.5. The Bertz CT molecular complexity index is 672. The highest BCUT2D eigenvalue weighted by Gasteiger charge is 2.43. The minimum Gasteiger partial charge on any atom is -0.484 e. The predicted molar refractivity (Wildman–Crippen MR) is 86.7 cm³/mol. The first-order valence-corrected chi connectivity index (χ1v) is 7.86. The van der Waals surface area contributed by atoms with Crippen LogP contribution in [0.25, 0.3) is 11.0 Å². The molecule has 0 saturated heterocycles. The van der Waals surface area contributed by atoms with Gasteiger partial charge in [-0.1, -0.05) is 12.1 Å². The Labute approximate surface area is 133 Å². The number of rotatable bonds is 6. The van der Waals surface area contributed by atoms with Gasteiger partial charge >= 0.3 is 0 Å². The van der Waals surface area contributed by atoms with Crippen molar-refractivity contribution in [2.24, 2.45) is 4.99 Å².